The molecule has 0 aromatic rings. The normalized spacial score (nSPS) is 24.9. The van der Waals surface area contributed by atoms with Gasteiger partial charge in [0.1, 0.15) is 0 Å². The molecule has 1 unspecified atom stereocenters. The van der Waals surface area contributed by atoms with Crippen LogP contribution in [0.2, 0.25) is 0 Å². The first kappa shape index (κ1) is 16.2. The number of likely N-dealkylation sites (N-methyl/N-ethyl adjacent to an activating group) is 1. The van der Waals surface area contributed by atoms with Crippen LogP contribution >= 0.6 is 0 Å². The lowest BCUT2D eigenvalue weighted by Gasteiger charge is -2.37. The number of nitrogens with zero attached hydrogens (tertiary/aromatic N) is 3. The van der Waals surface area contributed by atoms with Crippen LogP contribution in [-0.2, 0) is 9.59 Å². The summed E-state index contributed by atoms with van der Waals surface area (Å²) in [6.45, 7) is 4.61. The van der Waals surface area contributed by atoms with Crippen molar-refractivity contribution in [1.82, 2.24) is 20.0 Å². The minimum absolute atomic E-state index is 0.0404. The molecule has 1 N–H and O–H groups in total. The van der Waals surface area contributed by atoms with Gasteiger partial charge in [-0.2, -0.15) is 0 Å². The summed E-state index contributed by atoms with van der Waals surface area (Å²) in [7, 11) is 3.78. The minimum atomic E-state index is 0.0404. The van der Waals surface area contributed by atoms with E-state index >= 15 is 0 Å². The molecule has 2 aliphatic heterocycles. The molecule has 0 aliphatic carbocycles. The van der Waals surface area contributed by atoms with Crippen molar-refractivity contribution in [1.29, 1.82) is 0 Å². The number of hydrogen-bond acceptors (Lipinski definition) is 4. The van der Waals surface area contributed by atoms with Crippen LogP contribution < -0.4 is 5.32 Å². The number of nitrogens with one attached hydrogen (secondary N) is 1. The SMILES string of the molecule is CNC(=O)CN1CCN(C(=O)CC2CCCCN2C)CC1. The van der Waals surface area contributed by atoms with Crippen molar-refractivity contribution in [2.75, 3.05) is 53.4 Å². The highest BCUT2D eigenvalue weighted by atomic mass is 16.2. The number of carbonyl (C=O) groups is 2. The molecule has 0 bridgehead atoms. The van der Waals surface area contributed by atoms with Gasteiger partial charge in [0.05, 0.1) is 6.54 Å². The lowest BCUT2D eigenvalue weighted by molar-refractivity contribution is -0.134. The average molecular weight is 296 g/mol. The van der Waals surface area contributed by atoms with E-state index < -0.39 is 0 Å². The Balaban J connectivity index is 1.73. The summed E-state index contributed by atoms with van der Waals surface area (Å²) in [5.74, 6) is 0.312. The van der Waals surface area contributed by atoms with Gasteiger partial charge in [-0.05, 0) is 26.4 Å². The smallest absolute Gasteiger partial charge is 0.233 e. The van der Waals surface area contributed by atoms with Gasteiger partial charge in [0.25, 0.3) is 0 Å². The van der Waals surface area contributed by atoms with E-state index in [4.69, 9.17) is 0 Å². The lowest BCUT2D eigenvalue weighted by Crippen LogP contribution is -2.52. The van der Waals surface area contributed by atoms with E-state index in [2.05, 4.69) is 22.2 Å². The van der Waals surface area contributed by atoms with Gasteiger partial charge in [-0.15, -0.1) is 0 Å². The average Bonchev–Trinajstić information content (AvgIpc) is 2.50. The zero-order chi connectivity index (χ0) is 15.2. The van der Waals surface area contributed by atoms with Gasteiger partial charge in [-0.25, -0.2) is 0 Å². The van der Waals surface area contributed by atoms with Gasteiger partial charge >= 0.3 is 0 Å². The maximum Gasteiger partial charge on any atom is 0.233 e. The molecule has 0 aromatic heterocycles. The maximum atomic E-state index is 12.4. The second kappa shape index (κ2) is 7.75. The van der Waals surface area contributed by atoms with Crippen molar-refractivity contribution in [3.8, 4) is 0 Å². The van der Waals surface area contributed by atoms with Crippen LogP contribution in [0.25, 0.3) is 0 Å². The first-order valence-corrected chi connectivity index (χ1v) is 8.01. The number of carbonyl (C=O) groups excluding carboxylic acids is 2. The Morgan fingerprint density at radius 2 is 1.81 bits per heavy atom. The maximum absolute atomic E-state index is 12.4. The zero-order valence-electron chi connectivity index (χ0n) is 13.3. The summed E-state index contributed by atoms with van der Waals surface area (Å²) in [6.07, 6.45) is 4.27. The summed E-state index contributed by atoms with van der Waals surface area (Å²) in [5.41, 5.74) is 0. The highest BCUT2D eigenvalue weighted by Gasteiger charge is 2.26. The van der Waals surface area contributed by atoms with E-state index in [-0.39, 0.29) is 11.8 Å². The van der Waals surface area contributed by atoms with Crippen molar-refractivity contribution in [2.24, 2.45) is 0 Å². The zero-order valence-corrected chi connectivity index (χ0v) is 13.3. The number of piperazine rings is 1. The van der Waals surface area contributed by atoms with Gasteiger partial charge in [0, 0.05) is 45.7 Å². The molecule has 2 heterocycles. The fraction of sp³-hybridized carbons (Fsp3) is 0.867. The quantitative estimate of drug-likeness (QED) is 0.777. The van der Waals surface area contributed by atoms with Gasteiger partial charge in [-0.3, -0.25) is 14.5 Å². The largest absolute Gasteiger partial charge is 0.358 e. The Bertz CT molecular complexity index is 367. The molecular formula is C15H28N4O2. The van der Waals surface area contributed by atoms with E-state index in [9.17, 15) is 9.59 Å². The first-order chi connectivity index (χ1) is 10.1. The number of likely N-dealkylation sites (tertiary alicyclic amines) is 1. The van der Waals surface area contributed by atoms with Crippen LogP contribution in [0.5, 0.6) is 0 Å². The number of amides is 2. The van der Waals surface area contributed by atoms with Gasteiger partial charge in [-0.1, -0.05) is 6.42 Å². The van der Waals surface area contributed by atoms with Gasteiger partial charge in [0.2, 0.25) is 11.8 Å². The minimum Gasteiger partial charge on any atom is -0.358 e. The Hall–Kier alpha value is -1.14. The monoisotopic (exact) mass is 296 g/mol. The van der Waals surface area contributed by atoms with Crippen LogP contribution in [0.4, 0.5) is 0 Å². The molecule has 6 heteroatoms. The molecule has 2 rings (SSSR count). The number of piperidine rings is 1. The first-order valence-electron chi connectivity index (χ1n) is 8.01. The van der Waals surface area contributed by atoms with Crippen molar-refractivity contribution in [3.05, 3.63) is 0 Å². The predicted octanol–water partition coefficient (Wildman–Crippen LogP) is -0.249. The third-order valence-electron chi connectivity index (χ3n) is 4.70. The summed E-state index contributed by atoms with van der Waals surface area (Å²) < 4.78 is 0. The molecule has 2 saturated heterocycles. The molecule has 0 saturated carbocycles. The van der Waals surface area contributed by atoms with E-state index in [1.54, 1.807) is 7.05 Å². The molecule has 2 aliphatic rings. The fourth-order valence-electron chi connectivity index (χ4n) is 3.17. The molecule has 0 aromatic carbocycles. The van der Waals surface area contributed by atoms with Crippen molar-refractivity contribution in [3.63, 3.8) is 0 Å². The van der Waals surface area contributed by atoms with Crippen LogP contribution in [0.15, 0.2) is 0 Å². The summed E-state index contributed by atoms with van der Waals surface area (Å²) >= 11 is 0. The molecule has 2 amide bonds. The molecule has 0 spiro atoms. The second-order valence-electron chi connectivity index (χ2n) is 6.16. The Labute approximate surface area is 127 Å². The van der Waals surface area contributed by atoms with Crippen molar-refractivity contribution >= 4 is 11.8 Å². The summed E-state index contributed by atoms with van der Waals surface area (Å²) in [5, 5.41) is 2.64. The third kappa shape index (κ3) is 4.68. The summed E-state index contributed by atoms with van der Waals surface area (Å²) in [6, 6.07) is 0.412. The molecule has 0 radical (unpaired) electrons. The molecule has 1 atom stereocenters. The van der Waals surface area contributed by atoms with E-state index in [0.29, 0.717) is 19.0 Å². The number of rotatable bonds is 4. The molecule has 2 fully saturated rings. The highest BCUT2D eigenvalue weighted by Crippen LogP contribution is 2.19. The van der Waals surface area contributed by atoms with Crippen LogP contribution in [0.3, 0.4) is 0 Å². The second-order valence-corrected chi connectivity index (χ2v) is 6.16. The van der Waals surface area contributed by atoms with Gasteiger partial charge < -0.3 is 15.1 Å². The van der Waals surface area contributed by atoms with Crippen molar-refractivity contribution < 1.29 is 9.59 Å². The lowest BCUT2D eigenvalue weighted by atomic mass is 9.99. The third-order valence-corrected chi connectivity index (χ3v) is 4.70. The Morgan fingerprint density at radius 1 is 1.10 bits per heavy atom. The molecule has 6 nitrogen and oxygen atoms in total. The Kier molecular flexibility index (Phi) is 5.99. The topological polar surface area (TPSA) is 55.9 Å². The van der Waals surface area contributed by atoms with Crippen LogP contribution in [0.1, 0.15) is 25.7 Å². The standard InChI is InChI=1S/C15H28N4O2/c1-16-14(20)12-18-7-9-19(10-8-18)15(21)11-13-5-3-4-6-17(13)2/h13H,3-12H2,1-2H3,(H,16,20). The Morgan fingerprint density at radius 3 is 2.43 bits per heavy atom. The van der Waals surface area contributed by atoms with Crippen molar-refractivity contribution in [2.45, 2.75) is 31.7 Å². The van der Waals surface area contributed by atoms with E-state index in [1.165, 1.54) is 12.8 Å². The van der Waals surface area contributed by atoms with E-state index in [0.717, 1.165) is 39.1 Å². The fourth-order valence-corrected chi connectivity index (χ4v) is 3.17. The van der Waals surface area contributed by atoms with Gasteiger partial charge in [0.15, 0.2) is 0 Å². The highest BCUT2D eigenvalue weighted by molar-refractivity contribution is 5.78. The molecular weight excluding hydrogens is 268 g/mol. The van der Waals surface area contributed by atoms with Crippen LogP contribution in [0, 0.1) is 0 Å². The molecule has 120 valence electrons. The molecule has 21 heavy (non-hydrogen) atoms. The predicted molar refractivity (Wildman–Crippen MR) is 82.0 cm³/mol. The van der Waals surface area contributed by atoms with E-state index in [1.807, 2.05) is 4.90 Å². The summed E-state index contributed by atoms with van der Waals surface area (Å²) in [4.78, 5) is 30.1. The van der Waals surface area contributed by atoms with Crippen LogP contribution in [-0.4, -0.2) is 85.9 Å². The number of hydrogen-bond donors (Lipinski definition) is 1.